The molecule has 3 rings (SSSR count). The molecule has 0 aromatic heterocycles. The Kier molecular flexibility index (Phi) is 6.58. The Bertz CT molecular complexity index is 981. The van der Waals surface area contributed by atoms with E-state index in [-0.39, 0.29) is 18.1 Å². The molecule has 32 heavy (non-hydrogen) atoms. The van der Waals surface area contributed by atoms with Crippen molar-refractivity contribution in [2.24, 2.45) is 5.92 Å². The average Bonchev–Trinajstić information content (AvgIpc) is 2.66. The molecule has 0 heterocycles. The molecule has 0 atom stereocenters. The number of ether oxygens (including phenoxy) is 1. The second-order valence-corrected chi connectivity index (χ2v) is 8.05. The van der Waals surface area contributed by atoms with Crippen molar-refractivity contribution in [2.75, 3.05) is 0 Å². The lowest BCUT2D eigenvalue weighted by Gasteiger charge is -2.27. The topological polar surface area (TPSA) is 9.23 Å². The Hall–Kier alpha value is -2.58. The monoisotopic (exact) mass is 464 g/mol. The summed E-state index contributed by atoms with van der Waals surface area (Å²) >= 11 is 0. The molecule has 174 valence electrons. The molecule has 0 amide bonds. The normalized spacial score (nSPS) is 19.7. The van der Waals surface area contributed by atoms with E-state index in [1.54, 1.807) is 0 Å². The predicted octanol–water partition coefficient (Wildman–Crippen LogP) is 8.10. The highest BCUT2D eigenvalue weighted by atomic mass is 19.4. The second kappa shape index (κ2) is 8.75. The fraction of sp³-hybridized carbons (Fsp3) is 0.391. The first-order valence-electron chi connectivity index (χ1n) is 9.92. The molecular weight excluding hydrogens is 444 g/mol. The van der Waals surface area contributed by atoms with Crippen LogP contribution in [0.1, 0.15) is 55.2 Å². The molecule has 0 radical (unpaired) electrons. The number of halogens is 8. The van der Waals surface area contributed by atoms with Crippen LogP contribution in [0.3, 0.4) is 0 Å². The molecule has 1 fully saturated rings. The lowest BCUT2D eigenvalue weighted by Crippen LogP contribution is -2.24. The fourth-order valence-corrected chi connectivity index (χ4v) is 3.86. The van der Waals surface area contributed by atoms with E-state index in [0.717, 1.165) is 37.8 Å². The van der Waals surface area contributed by atoms with Gasteiger partial charge < -0.3 is 4.74 Å². The fourth-order valence-electron chi connectivity index (χ4n) is 3.86. The van der Waals surface area contributed by atoms with Gasteiger partial charge in [-0.15, -0.1) is 0 Å². The van der Waals surface area contributed by atoms with Gasteiger partial charge in [-0.05, 0) is 42.4 Å². The molecule has 0 saturated heterocycles. The Morgan fingerprint density at radius 1 is 0.875 bits per heavy atom. The minimum Gasteiger partial charge on any atom is -0.429 e. The number of benzene rings is 2. The molecule has 0 unspecified atom stereocenters. The van der Waals surface area contributed by atoms with Crippen molar-refractivity contribution in [3.63, 3.8) is 0 Å². The van der Waals surface area contributed by atoms with E-state index in [0.29, 0.717) is 11.5 Å². The van der Waals surface area contributed by atoms with Gasteiger partial charge in [0.15, 0.2) is 0 Å². The number of alkyl halides is 5. The lowest BCUT2D eigenvalue weighted by molar-refractivity contribution is -0.187. The van der Waals surface area contributed by atoms with Crippen LogP contribution >= 0.6 is 0 Å². The highest BCUT2D eigenvalue weighted by molar-refractivity contribution is 5.69. The van der Waals surface area contributed by atoms with Crippen molar-refractivity contribution >= 4 is 5.57 Å². The maximum Gasteiger partial charge on any atom is 0.429 e. The maximum atomic E-state index is 14.5. The van der Waals surface area contributed by atoms with Crippen LogP contribution < -0.4 is 4.74 Å². The van der Waals surface area contributed by atoms with Gasteiger partial charge in [0, 0.05) is 12.1 Å². The minimum atomic E-state index is -5.13. The summed E-state index contributed by atoms with van der Waals surface area (Å²) in [5.74, 6) is -5.35. The Morgan fingerprint density at radius 3 is 1.94 bits per heavy atom. The zero-order valence-corrected chi connectivity index (χ0v) is 17.0. The Labute approximate surface area is 179 Å². The van der Waals surface area contributed by atoms with E-state index in [2.05, 4.69) is 18.2 Å². The van der Waals surface area contributed by atoms with Gasteiger partial charge in [0.1, 0.15) is 23.2 Å². The first kappa shape index (κ1) is 24.1. The number of hydrogen-bond acceptors (Lipinski definition) is 1. The third-order valence-electron chi connectivity index (χ3n) is 5.70. The first-order valence-corrected chi connectivity index (χ1v) is 9.92. The van der Waals surface area contributed by atoms with Crippen LogP contribution in [0.4, 0.5) is 35.1 Å². The summed E-state index contributed by atoms with van der Waals surface area (Å²) in [6.07, 6.45) is -5.95. The van der Waals surface area contributed by atoms with Gasteiger partial charge in [-0.2, -0.15) is 22.0 Å². The molecule has 0 bridgehead atoms. The van der Waals surface area contributed by atoms with Gasteiger partial charge in [0.05, 0.1) is 16.7 Å². The van der Waals surface area contributed by atoms with Gasteiger partial charge >= 0.3 is 12.3 Å². The summed E-state index contributed by atoms with van der Waals surface area (Å²) in [6, 6.07) is 3.52. The van der Waals surface area contributed by atoms with Crippen LogP contribution in [-0.4, -0.2) is 6.18 Å². The largest absolute Gasteiger partial charge is 0.429 e. The molecule has 0 aliphatic heterocycles. The summed E-state index contributed by atoms with van der Waals surface area (Å²) in [6.45, 7) is 4.69. The standard InChI is InChI=1S/C23H20F8O/c1-12-3-5-14(6-4-12)15-7-8-17(18(24)9-15)23(30,31)32-16-10-19(25)21(20(26)11-16)13(2)22(27,28)29/h7-12,14H,2-6H2,1H3. The average molecular weight is 464 g/mol. The molecule has 1 aliphatic rings. The zero-order chi connectivity index (χ0) is 23.8. The molecule has 2 aromatic carbocycles. The molecule has 2 aromatic rings. The SMILES string of the molecule is C=C(c1c(F)cc(OC(F)(F)c2ccc(C3CCC(C)CC3)cc2F)cc1F)C(F)(F)F. The van der Waals surface area contributed by atoms with E-state index in [1.165, 1.54) is 6.07 Å². The summed E-state index contributed by atoms with van der Waals surface area (Å²) in [5.41, 5.74) is -3.91. The zero-order valence-electron chi connectivity index (χ0n) is 17.0. The summed E-state index contributed by atoms with van der Waals surface area (Å²) in [5, 5.41) is 0. The molecule has 0 N–H and O–H groups in total. The Morgan fingerprint density at radius 2 is 1.44 bits per heavy atom. The van der Waals surface area contributed by atoms with E-state index in [1.807, 2.05) is 0 Å². The summed E-state index contributed by atoms with van der Waals surface area (Å²) < 4.78 is 114. The second-order valence-electron chi connectivity index (χ2n) is 8.05. The van der Waals surface area contributed by atoms with Crippen molar-refractivity contribution in [2.45, 2.75) is 50.8 Å². The lowest BCUT2D eigenvalue weighted by atomic mass is 9.79. The van der Waals surface area contributed by atoms with Crippen LogP contribution in [0.15, 0.2) is 36.9 Å². The highest BCUT2D eigenvalue weighted by Gasteiger charge is 2.40. The van der Waals surface area contributed by atoms with E-state index < -0.39 is 52.2 Å². The highest BCUT2D eigenvalue weighted by Crippen LogP contribution is 2.40. The van der Waals surface area contributed by atoms with E-state index in [9.17, 15) is 35.1 Å². The predicted molar refractivity (Wildman–Crippen MR) is 103 cm³/mol. The minimum absolute atomic E-state index is 0.0433. The van der Waals surface area contributed by atoms with Gasteiger partial charge in [-0.1, -0.05) is 32.4 Å². The van der Waals surface area contributed by atoms with Gasteiger partial charge in [0.2, 0.25) is 0 Å². The molecule has 1 aliphatic carbocycles. The van der Waals surface area contributed by atoms with Crippen LogP contribution in [0, 0.1) is 23.4 Å². The van der Waals surface area contributed by atoms with Crippen molar-refractivity contribution < 1.29 is 39.9 Å². The number of allylic oxidation sites excluding steroid dienone is 1. The van der Waals surface area contributed by atoms with Gasteiger partial charge in [-0.25, -0.2) is 13.2 Å². The first-order chi connectivity index (χ1) is 14.8. The molecular formula is C23H20F8O. The van der Waals surface area contributed by atoms with Gasteiger partial charge in [-0.3, -0.25) is 0 Å². The smallest absolute Gasteiger partial charge is 0.429 e. The maximum absolute atomic E-state index is 14.5. The van der Waals surface area contributed by atoms with Gasteiger partial charge in [0.25, 0.3) is 0 Å². The van der Waals surface area contributed by atoms with Crippen LogP contribution in [-0.2, 0) is 6.11 Å². The summed E-state index contributed by atoms with van der Waals surface area (Å²) in [7, 11) is 0. The van der Waals surface area contributed by atoms with Crippen LogP contribution in [0.2, 0.25) is 0 Å². The number of hydrogen-bond donors (Lipinski definition) is 0. The van der Waals surface area contributed by atoms with Crippen molar-refractivity contribution in [1.82, 2.24) is 0 Å². The quantitative estimate of drug-likeness (QED) is 0.406. The van der Waals surface area contributed by atoms with Crippen LogP contribution in [0.5, 0.6) is 5.75 Å². The van der Waals surface area contributed by atoms with Crippen molar-refractivity contribution in [3.05, 3.63) is 71.1 Å². The summed E-state index contributed by atoms with van der Waals surface area (Å²) in [4.78, 5) is 0. The van der Waals surface area contributed by atoms with E-state index >= 15 is 0 Å². The molecule has 9 heteroatoms. The third-order valence-corrected chi connectivity index (χ3v) is 5.70. The molecule has 1 saturated carbocycles. The number of rotatable bonds is 5. The molecule has 1 nitrogen and oxygen atoms in total. The molecule has 0 spiro atoms. The van der Waals surface area contributed by atoms with Crippen molar-refractivity contribution in [3.8, 4) is 5.75 Å². The van der Waals surface area contributed by atoms with Crippen LogP contribution in [0.25, 0.3) is 5.57 Å². The third kappa shape index (κ3) is 5.07. The van der Waals surface area contributed by atoms with Crippen molar-refractivity contribution in [1.29, 1.82) is 0 Å². The Balaban J connectivity index is 1.84. The van der Waals surface area contributed by atoms with E-state index in [4.69, 9.17) is 0 Å².